The molecule has 0 saturated heterocycles. The molecule has 2 aromatic rings. The van der Waals surface area contributed by atoms with Crippen LogP contribution in [0.1, 0.15) is 52.9 Å². The van der Waals surface area contributed by atoms with Gasteiger partial charge in [0.25, 0.3) is 0 Å². The topological polar surface area (TPSA) is 46.2 Å². The quantitative estimate of drug-likeness (QED) is 0.715. The van der Waals surface area contributed by atoms with Crippen LogP contribution in [0.25, 0.3) is 0 Å². The normalized spacial score (nSPS) is 11.8. The minimum atomic E-state index is -0.111. The SMILES string of the molecule is Cc1ccc(C(=O)CCC(=O)NC(C)c2cccc(Br)c2)cc1C. The molecule has 0 aromatic heterocycles. The molecule has 2 rings (SSSR count). The molecule has 0 saturated carbocycles. The number of halogens is 1. The van der Waals surface area contributed by atoms with E-state index in [0.717, 1.165) is 21.2 Å². The van der Waals surface area contributed by atoms with Crippen LogP contribution in [0, 0.1) is 13.8 Å². The van der Waals surface area contributed by atoms with Gasteiger partial charge in [0.05, 0.1) is 6.04 Å². The molecular weight excluding hydrogens is 366 g/mol. The average molecular weight is 388 g/mol. The van der Waals surface area contributed by atoms with Crippen LogP contribution in [0.5, 0.6) is 0 Å². The lowest BCUT2D eigenvalue weighted by molar-refractivity contribution is -0.121. The average Bonchev–Trinajstić information content (AvgIpc) is 2.55. The van der Waals surface area contributed by atoms with E-state index in [2.05, 4.69) is 21.2 Å². The first-order chi connectivity index (χ1) is 11.4. The van der Waals surface area contributed by atoms with E-state index in [-0.39, 0.29) is 30.6 Å². The van der Waals surface area contributed by atoms with Crippen molar-refractivity contribution in [2.24, 2.45) is 0 Å². The fourth-order valence-corrected chi connectivity index (χ4v) is 2.88. The summed E-state index contributed by atoms with van der Waals surface area (Å²) in [7, 11) is 0. The highest BCUT2D eigenvalue weighted by Crippen LogP contribution is 2.18. The van der Waals surface area contributed by atoms with Gasteiger partial charge in [-0.25, -0.2) is 0 Å². The summed E-state index contributed by atoms with van der Waals surface area (Å²) in [5.41, 5.74) is 3.95. The number of hydrogen-bond acceptors (Lipinski definition) is 2. The molecule has 1 unspecified atom stereocenters. The molecule has 0 radical (unpaired) electrons. The van der Waals surface area contributed by atoms with Crippen molar-refractivity contribution in [3.8, 4) is 0 Å². The predicted molar refractivity (Wildman–Crippen MR) is 100 cm³/mol. The third-order valence-corrected chi connectivity index (χ3v) is 4.63. The Morgan fingerprint density at radius 3 is 2.46 bits per heavy atom. The molecule has 0 aliphatic carbocycles. The Kier molecular flexibility index (Phi) is 6.32. The highest BCUT2D eigenvalue weighted by Gasteiger charge is 2.13. The number of carbonyl (C=O) groups excluding carboxylic acids is 2. The molecule has 0 spiro atoms. The van der Waals surface area contributed by atoms with Crippen molar-refractivity contribution in [2.45, 2.75) is 39.7 Å². The summed E-state index contributed by atoms with van der Waals surface area (Å²) in [4.78, 5) is 24.3. The number of hydrogen-bond donors (Lipinski definition) is 1. The lowest BCUT2D eigenvalue weighted by Gasteiger charge is -2.14. The second-order valence-electron chi connectivity index (χ2n) is 6.07. The molecule has 1 N–H and O–H groups in total. The molecule has 4 heteroatoms. The van der Waals surface area contributed by atoms with Crippen LogP contribution in [0.4, 0.5) is 0 Å². The maximum absolute atomic E-state index is 12.2. The van der Waals surface area contributed by atoms with Gasteiger partial charge < -0.3 is 5.32 Å². The van der Waals surface area contributed by atoms with Gasteiger partial charge in [0.15, 0.2) is 5.78 Å². The molecule has 1 amide bonds. The Labute approximate surface area is 151 Å². The molecule has 2 aromatic carbocycles. The van der Waals surface area contributed by atoms with Crippen LogP contribution >= 0.6 is 15.9 Å². The molecule has 0 aliphatic heterocycles. The zero-order valence-corrected chi connectivity index (χ0v) is 15.8. The van der Waals surface area contributed by atoms with Crippen molar-refractivity contribution in [3.05, 3.63) is 69.2 Å². The smallest absolute Gasteiger partial charge is 0.220 e. The Hall–Kier alpha value is -1.94. The van der Waals surface area contributed by atoms with E-state index in [1.54, 1.807) is 0 Å². The molecule has 0 bridgehead atoms. The van der Waals surface area contributed by atoms with Crippen LogP contribution in [0.2, 0.25) is 0 Å². The lowest BCUT2D eigenvalue weighted by Crippen LogP contribution is -2.27. The van der Waals surface area contributed by atoms with Crippen molar-refractivity contribution in [2.75, 3.05) is 0 Å². The van der Waals surface area contributed by atoms with Gasteiger partial charge in [-0.15, -0.1) is 0 Å². The van der Waals surface area contributed by atoms with Crippen LogP contribution < -0.4 is 5.32 Å². The van der Waals surface area contributed by atoms with Crippen LogP contribution in [0.3, 0.4) is 0 Å². The molecule has 24 heavy (non-hydrogen) atoms. The first-order valence-corrected chi connectivity index (χ1v) is 8.81. The fraction of sp³-hybridized carbons (Fsp3) is 0.300. The fourth-order valence-electron chi connectivity index (χ4n) is 2.46. The predicted octanol–water partition coefficient (Wildman–Crippen LogP) is 4.91. The maximum Gasteiger partial charge on any atom is 0.220 e. The van der Waals surface area contributed by atoms with Gasteiger partial charge in [0.1, 0.15) is 0 Å². The minimum absolute atomic E-state index is 0.00311. The summed E-state index contributed by atoms with van der Waals surface area (Å²) in [6, 6.07) is 13.4. The number of carbonyl (C=O) groups is 2. The second kappa shape index (κ2) is 8.25. The second-order valence-corrected chi connectivity index (χ2v) is 6.98. The largest absolute Gasteiger partial charge is 0.350 e. The number of nitrogens with one attached hydrogen (secondary N) is 1. The van der Waals surface area contributed by atoms with Crippen LogP contribution in [-0.4, -0.2) is 11.7 Å². The van der Waals surface area contributed by atoms with Gasteiger partial charge in [0, 0.05) is 22.9 Å². The molecule has 3 nitrogen and oxygen atoms in total. The Balaban J connectivity index is 1.88. The number of amides is 1. The number of rotatable bonds is 6. The van der Waals surface area contributed by atoms with Crippen molar-refractivity contribution in [1.82, 2.24) is 5.32 Å². The Morgan fingerprint density at radius 2 is 1.79 bits per heavy atom. The highest BCUT2D eigenvalue weighted by atomic mass is 79.9. The molecule has 0 heterocycles. The standard InChI is InChI=1S/C20H22BrNO2/c1-13-7-8-17(11-14(13)2)19(23)9-10-20(24)22-15(3)16-5-4-6-18(21)12-16/h4-8,11-12,15H,9-10H2,1-3H3,(H,22,24). The van der Waals surface area contributed by atoms with Gasteiger partial charge in [0.2, 0.25) is 5.91 Å². The summed E-state index contributed by atoms with van der Waals surface area (Å²) < 4.78 is 0.978. The maximum atomic E-state index is 12.2. The molecule has 126 valence electrons. The van der Waals surface area contributed by atoms with E-state index in [0.29, 0.717) is 5.56 Å². The third-order valence-electron chi connectivity index (χ3n) is 4.13. The van der Waals surface area contributed by atoms with E-state index < -0.39 is 0 Å². The summed E-state index contributed by atoms with van der Waals surface area (Å²) in [6.45, 7) is 5.93. The van der Waals surface area contributed by atoms with Crippen LogP contribution in [0.15, 0.2) is 46.9 Å². The van der Waals surface area contributed by atoms with E-state index in [4.69, 9.17) is 0 Å². The van der Waals surface area contributed by atoms with E-state index in [1.807, 2.05) is 63.2 Å². The first-order valence-electron chi connectivity index (χ1n) is 8.02. The van der Waals surface area contributed by atoms with Gasteiger partial charge in [-0.1, -0.05) is 40.2 Å². The highest BCUT2D eigenvalue weighted by molar-refractivity contribution is 9.10. The molecule has 1 atom stereocenters. The molecule has 0 aliphatic rings. The van der Waals surface area contributed by atoms with Crippen molar-refractivity contribution in [1.29, 1.82) is 0 Å². The minimum Gasteiger partial charge on any atom is -0.350 e. The Morgan fingerprint density at radius 1 is 1.04 bits per heavy atom. The number of aryl methyl sites for hydroxylation is 2. The van der Waals surface area contributed by atoms with Crippen LogP contribution in [-0.2, 0) is 4.79 Å². The zero-order chi connectivity index (χ0) is 17.7. The number of Topliss-reactive ketones (excluding diaryl/α,β-unsaturated/α-hetero) is 1. The lowest BCUT2D eigenvalue weighted by atomic mass is 10.0. The number of ketones is 1. The van der Waals surface area contributed by atoms with Gasteiger partial charge in [-0.3, -0.25) is 9.59 Å². The third kappa shape index (κ3) is 5.03. The molecule has 0 fully saturated rings. The van der Waals surface area contributed by atoms with E-state index in [1.165, 1.54) is 0 Å². The monoisotopic (exact) mass is 387 g/mol. The van der Waals surface area contributed by atoms with Crippen molar-refractivity contribution in [3.63, 3.8) is 0 Å². The van der Waals surface area contributed by atoms with Crippen molar-refractivity contribution >= 4 is 27.6 Å². The zero-order valence-electron chi connectivity index (χ0n) is 14.2. The van der Waals surface area contributed by atoms with E-state index >= 15 is 0 Å². The summed E-state index contributed by atoms with van der Waals surface area (Å²) in [5.74, 6) is -0.108. The molecular formula is C20H22BrNO2. The number of benzene rings is 2. The van der Waals surface area contributed by atoms with Crippen molar-refractivity contribution < 1.29 is 9.59 Å². The van der Waals surface area contributed by atoms with Gasteiger partial charge in [-0.05, 0) is 55.7 Å². The first kappa shape index (κ1) is 18.4. The summed E-state index contributed by atoms with van der Waals surface area (Å²) >= 11 is 3.43. The summed E-state index contributed by atoms with van der Waals surface area (Å²) in [5, 5.41) is 2.94. The van der Waals surface area contributed by atoms with Gasteiger partial charge >= 0.3 is 0 Å². The van der Waals surface area contributed by atoms with E-state index in [9.17, 15) is 9.59 Å². The van der Waals surface area contributed by atoms with Gasteiger partial charge in [-0.2, -0.15) is 0 Å². The Bertz CT molecular complexity index is 755. The summed E-state index contributed by atoms with van der Waals surface area (Å²) in [6.07, 6.45) is 0.420.